The number of hydrogen-bond acceptors (Lipinski definition) is 2. The smallest absolute Gasteiger partial charge is 0.302 e. The normalized spacial score (nSPS) is 50.1. The molecule has 0 radical (unpaired) electrons. The molecular formula is C10H16O2. The van der Waals surface area contributed by atoms with E-state index in [0.29, 0.717) is 11.8 Å². The average molecular weight is 168 g/mol. The van der Waals surface area contributed by atoms with Crippen molar-refractivity contribution < 1.29 is 9.53 Å². The number of carbonyl (C=O) groups excluding carboxylic acids is 1. The molecule has 0 aliphatic heterocycles. The van der Waals surface area contributed by atoms with E-state index in [2.05, 4.69) is 13.8 Å². The van der Waals surface area contributed by atoms with Crippen molar-refractivity contribution in [3.63, 3.8) is 0 Å². The van der Waals surface area contributed by atoms with Gasteiger partial charge in [0, 0.05) is 12.8 Å². The van der Waals surface area contributed by atoms with E-state index >= 15 is 0 Å². The van der Waals surface area contributed by atoms with E-state index in [9.17, 15) is 4.79 Å². The van der Waals surface area contributed by atoms with Crippen molar-refractivity contribution in [2.45, 2.75) is 33.3 Å². The van der Waals surface area contributed by atoms with Crippen LogP contribution in [0.15, 0.2) is 0 Å². The third kappa shape index (κ3) is 1.05. The van der Waals surface area contributed by atoms with Crippen LogP contribution < -0.4 is 0 Å². The molecule has 5 atom stereocenters. The van der Waals surface area contributed by atoms with E-state index in [1.807, 2.05) is 0 Å². The molecule has 2 nitrogen and oxygen atoms in total. The van der Waals surface area contributed by atoms with E-state index in [-0.39, 0.29) is 12.1 Å². The summed E-state index contributed by atoms with van der Waals surface area (Å²) in [5.74, 6) is 2.80. The van der Waals surface area contributed by atoms with Crippen molar-refractivity contribution in [1.29, 1.82) is 0 Å². The van der Waals surface area contributed by atoms with Crippen LogP contribution in [0.3, 0.4) is 0 Å². The highest BCUT2D eigenvalue weighted by molar-refractivity contribution is 5.66. The zero-order valence-electron chi connectivity index (χ0n) is 7.91. The molecule has 2 fully saturated rings. The van der Waals surface area contributed by atoms with E-state index in [1.165, 1.54) is 13.3 Å². The fourth-order valence-corrected chi connectivity index (χ4v) is 2.82. The summed E-state index contributed by atoms with van der Waals surface area (Å²) in [4.78, 5) is 10.8. The number of rotatable bonds is 1. The Morgan fingerprint density at radius 1 is 1.42 bits per heavy atom. The number of fused-ring (bicyclic) bond motifs is 1. The standard InChI is InChI=1S/C10H16O2/c1-5-4-8-6(2)9(8)10(5)12-7(3)11/h5-6,8-10H,4H2,1-3H3. The van der Waals surface area contributed by atoms with Crippen LogP contribution >= 0.6 is 0 Å². The van der Waals surface area contributed by atoms with Crippen LogP contribution in [0.4, 0.5) is 0 Å². The van der Waals surface area contributed by atoms with Gasteiger partial charge in [0.05, 0.1) is 0 Å². The van der Waals surface area contributed by atoms with Gasteiger partial charge in [0.1, 0.15) is 6.10 Å². The molecule has 0 saturated heterocycles. The van der Waals surface area contributed by atoms with Crippen molar-refractivity contribution in [1.82, 2.24) is 0 Å². The van der Waals surface area contributed by atoms with Crippen LogP contribution in [0.25, 0.3) is 0 Å². The summed E-state index contributed by atoms with van der Waals surface area (Å²) in [6.45, 7) is 5.96. The molecule has 68 valence electrons. The predicted molar refractivity (Wildman–Crippen MR) is 45.5 cm³/mol. The molecule has 2 aliphatic rings. The fraction of sp³-hybridized carbons (Fsp3) is 0.900. The fourth-order valence-electron chi connectivity index (χ4n) is 2.82. The monoisotopic (exact) mass is 168 g/mol. The van der Waals surface area contributed by atoms with Crippen LogP contribution in [0.1, 0.15) is 27.2 Å². The second-order valence-electron chi connectivity index (χ2n) is 4.39. The molecule has 2 heteroatoms. The van der Waals surface area contributed by atoms with Crippen LogP contribution in [-0.4, -0.2) is 12.1 Å². The first kappa shape index (κ1) is 8.09. The van der Waals surface area contributed by atoms with Crippen molar-refractivity contribution in [2.24, 2.45) is 23.7 Å². The summed E-state index contributed by atoms with van der Waals surface area (Å²) < 4.78 is 5.31. The van der Waals surface area contributed by atoms with E-state index in [1.54, 1.807) is 0 Å². The summed E-state index contributed by atoms with van der Waals surface area (Å²) in [5, 5.41) is 0. The average Bonchev–Trinajstić information content (AvgIpc) is 2.42. The van der Waals surface area contributed by atoms with E-state index in [4.69, 9.17) is 4.74 Å². The molecule has 2 saturated carbocycles. The Kier molecular flexibility index (Phi) is 1.67. The van der Waals surface area contributed by atoms with Gasteiger partial charge in [-0.25, -0.2) is 0 Å². The molecule has 0 spiro atoms. The van der Waals surface area contributed by atoms with Gasteiger partial charge in [0.15, 0.2) is 0 Å². The zero-order valence-corrected chi connectivity index (χ0v) is 7.91. The molecule has 2 aliphatic carbocycles. The zero-order chi connectivity index (χ0) is 8.88. The maximum atomic E-state index is 10.8. The summed E-state index contributed by atoms with van der Waals surface area (Å²) in [6.07, 6.45) is 1.48. The van der Waals surface area contributed by atoms with E-state index in [0.717, 1.165) is 11.8 Å². The first-order chi connectivity index (χ1) is 5.61. The first-order valence-electron chi connectivity index (χ1n) is 4.78. The molecule has 0 heterocycles. The molecular weight excluding hydrogens is 152 g/mol. The largest absolute Gasteiger partial charge is 0.462 e. The van der Waals surface area contributed by atoms with Crippen LogP contribution in [0.5, 0.6) is 0 Å². The van der Waals surface area contributed by atoms with Crippen LogP contribution in [-0.2, 0) is 9.53 Å². The Bertz CT molecular complexity index is 212. The van der Waals surface area contributed by atoms with Crippen LogP contribution in [0, 0.1) is 23.7 Å². The molecule has 5 unspecified atom stereocenters. The van der Waals surface area contributed by atoms with Gasteiger partial charge in [-0.1, -0.05) is 13.8 Å². The maximum absolute atomic E-state index is 10.8. The third-order valence-electron chi connectivity index (χ3n) is 3.52. The Morgan fingerprint density at radius 3 is 2.58 bits per heavy atom. The summed E-state index contributed by atoms with van der Waals surface area (Å²) >= 11 is 0. The van der Waals surface area contributed by atoms with Gasteiger partial charge in [-0.3, -0.25) is 4.79 Å². The highest BCUT2D eigenvalue weighted by atomic mass is 16.5. The lowest BCUT2D eigenvalue weighted by atomic mass is 10.00. The summed E-state index contributed by atoms with van der Waals surface area (Å²) in [7, 11) is 0. The van der Waals surface area contributed by atoms with Crippen molar-refractivity contribution >= 4 is 5.97 Å². The molecule has 12 heavy (non-hydrogen) atoms. The van der Waals surface area contributed by atoms with Crippen molar-refractivity contribution in [3.05, 3.63) is 0 Å². The number of ether oxygens (including phenoxy) is 1. The van der Waals surface area contributed by atoms with Crippen molar-refractivity contribution in [3.8, 4) is 0 Å². The Labute approximate surface area is 73.3 Å². The van der Waals surface area contributed by atoms with Gasteiger partial charge in [-0.2, -0.15) is 0 Å². The second-order valence-corrected chi connectivity index (χ2v) is 4.39. The van der Waals surface area contributed by atoms with Gasteiger partial charge < -0.3 is 4.74 Å². The molecule has 0 aromatic carbocycles. The van der Waals surface area contributed by atoms with Gasteiger partial charge in [-0.05, 0) is 24.2 Å². The first-order valence-corrected chi connectivity index (χ1v) is 4.78. The quantitative estimate of drug-likeness (QED) is 0.558. The minimum Gasteiger partial charge on any atom is -0.462 e. The Balaban J connectivity index is 1.99. The minimum absolute atomic E-state index is 0.119. The molecule has 0 aromatic heterocycles. The lowest BCUT2D eigenvalue weighted by Crippen LogP contribution is -2.23. The van der Waals surface area contributed by atoms with E-state index < -0.39 is 0 Å². The highest BCUT2D eigenvalue weighted by Gasteiger charge is 2.59. The van der Waals surface area contributed by atoms with Gasteiger partial charge in [-0.15, -0.1) is 0 Å². The lowest BCUT2D eigenvalue weighted by molar-refractivity contribution is -0.149. The predicted octanol–water partition coefficient (Wildman–Crippen LogP) is 1.84. The summed E-state index contributed by atoms with van der Waals surface area (Å²) in [5.41, 5.74) is 0. The molecule has 0 amide bonds. The highest BCUT2D eigenvalue weighted by Crippen LogP contribution is 2.60. The Morgan fingerprint density at radius 2 is 2.08 bits per heavy atom. The topological polar surface area (TPSA) is 26.3 Å². The van der Waals surface area contributed by atoms with Crippen molar-refractivity contribution in [2.75, 3.05) is 0 Å². The second kappa shape index (κ2) is 2.48. The summed E-state index contributed by atoms with van der Waals surface area (Å²) in [6, 6.07) is 0. The molecule has 2 rings (SSSR count). The third-order valence-corrected chi connectivity index (χ3v) is 3.52. The minimum atomic E-state index is -0.119. The maximum Gasteiger partial charge on any atom is 0.302 e. The number of carbonyl (C=O) groups is 1. The van der Waals surface area contributed by atoms with Gasteiger partial charge in [0.2, 0.25) is 0 Å². The molecule has 0 N–H and O–H groups in total. The van der Waals surface area contributed by atoms with Gasteiger partial charge >= 0.3 is 5.97 Å². The molecule has 0 aromatic rings. The molecule has 0 bridgehead atoms. The number of hydrogen-bond donors (Lipinski definition) is 0. The SMILES string of the molecule is CC(=O)OC1C(C)CC2C(C)C21. The Hall–Kier alpha value is -0.530. The number of esters is 1. The lowest BCUT2D eigenvalue weighted by Gasteiger charge is -2.19. The van der Waals surface area contributed by atoms with Crippen LogP contribution in [0.2, 0.25) is 0 Å². The van der Waals surface area contributed by atoms with Gasteiger partial charge in [0.25, 0.3) is 0 Å².